The van der Waals surface area contributed by atoms with Gasteiger partial charge < -0.3 is 4.90 Å². The van der Waals surface area contributed by atoms with Gasteiger partial charge in [0, 0.05) is 13.1 Å². The maximum Gasteiger partial charge on any atom is 0.229 e. The van der Waals surface area contributed by atoms with E-state index in [1.165, 1.54) is 0 Å². The molecule has 0 aliphatic carbocycles. The summed E-state index contributed by atoms with van der Waals surface area (Å²) in [6.45, 7) is 5.71. The van der Waals surface area contributed by atoms with Crippen LogP contribution in [-0.4, -0.2) is 41.3 Å². The fourth-order valence-corrected chi connectivity index (χ4v) is 5.83. The van der Waals surface area contributed by atoms with Crippen LogP contribution in [0.15, 0.2) is 39.6 Å². The van der Waals surface area contributed by atoms with Gasteiger partial charge in [-0.1, -0.05) is 11.3 Å². The average molecular weight is 414 g/mol. The maximum atomic E-state index is 13.3. The number of fused-ring (bicyclic) bond motifs is 3. The van der Waals surface area contributed by atoms with E-state index in [1.807, 2.05) is 31.4 Å². The number of benzene rings is 1. The lowest BCUT2D eigenvalue weighted by molar-refractivity contribution is 0.592. The summed E-state index contributed by atoms with van der Waals surface area (Å²) < 4.78 is 29.2. The molecular formula is C19H19N5O2S2. The van der Waals surface area contributed by atoms with Crippen molar-refractivity contribution in [2.75, 3.05) is 18.0 Å². The van der Waals surface area contributed by atoms with Crippen molar-refractivity contribution in [3.05, 3.63) is 40.8 Å². The number of aromatic nitrogens is 4. The summed E-state index contributed by atoms with van der Waals surface area (Å²) >= 11 is 1.59. The molecule has 9 heteroatoms. The van der Waals surface area contributed by atoms with Crippen LogP contribution in [0.2, 0.25) is 0 Å². The Morgan fingerprint density at radius 3 is 2.61 bits per heavy atom. The first-order valence-corrected chi connectivity index (χ1v) is 11.5. The van der Waals surface area contributed by atoms with Crippen molar-refractivity contribution in [1.82, 2.24) is 19.8 Å². The zero-order chi connectivity index (χ0) is 19.5. The van der Waals surface area contributed by atoms with E-state index in [2.05, 4.69) is 15.2 Å². The molecule has 0 atom stereocenters. The zero-order valence-electron chi connectivity index (χ0n) is 15.6. The summed E-state index contributed by atoms with van der Waals surface area (Å²) in [4.78, 5) is 7.18. The van der Waals surface area contributed by atoms with E-state index in [0.29, 0.717) is 0 Å². The van der Waals surface area contributed by atoms with E-state index < -0.39 is 9.84 Å². The van der Waals surface area contributed by atoms with Crippen molar-refractivity contribution in [3.63, 3.8) is 0 Å². The molecule has 0 unspecified atom stereocenters. The number of aryl methyl sites for hydroxylation is 2. The number of anilines is 1. The molecule has 7 nitrogen and oxygen atoms in total. The van der Waals surface area contributed by atoms with Gasteiger partial charge in [0.1, 0.15) is 0 Å². The Morgan fingerprint density at radius 1 is 1.07 bits per heavy atom. The zero-order valence-corrected chi connectivity index (χ0v) is 17.2. The third-order valence-electron chi connectivity index (χ3n) is 5.35. The van der Waals surface area contributed by atoms with Gasteiger partial charge in [0.05, 0.1) is 15.1 Å². The normalized spacial score (nSPS) is 15.1. The van der Waals surface area contributed by atoms with Crippen molar-refractivity contribution >= 4 is 42.9 Å². The Labute approximate surface area is 166 Å². The second kappa shape index (κ2) is 6.25. The lowest BCUT2D eigenvalue weighted by atomic mass is 10.1. The predicted octanol–water partition coefficient (Wildman–Crippen LogP) is 3.39. The first kappa shape index (κ1) is 17.6. The SMILES string of the molecule is Cc1ccc(S(=O)(=O)c2nnn3c2nc(N2CCCC2)c2sccc23)cc1C. The lowest BCUT2D eigenvalue weighted by Crippen LogP contribution is -2.19. The molecule has 4 aromatic rings. The highest BCUT2D eigenvalue weighted by Crippen LogP contribution is 2.34. The molecule has 0 radical (unpaired) electrons. The molecule has 144 valence electrons. The molecular weight excluding hydrogens is 394 g/mol. The van der Waals surface area contributed by atoms with E-state index in [1.54, 1.807) is 28.0 Å². The van der Waals surface area contributed by atoms with E-state index in [0.717, 1.165) is 53.1 Å². The Kier molecular flexibility index (Phi) is 3.92. The summed E-state index contributed by atoms with van der Waals surface area (Å²) in [5.74, 6) is 0.828. The first-order chi connectivity index (χ1) is 13.5. The number of rotatable bonds is 3. The minimum Gasteiger partial charge on any atom is -0.355 e. The Hall–Kier alpha value is -2.52. The van der Waals surface area contributed by atoms with Crippen LogP contribution in [0.1, 0.15) is 24.0 Å². The molecule has 1 saturated heterocycles. The number of sulfone groups is 1. The van der Waals surface area contributed by atoms with E-state index >= 15 is 0 Å². The van der Waals surface area contributed by atoms with Gasteiger partial charge in [-0.05, 0) is 61.4 Å². The molecule has 3 aromatic heterocycles. The van der Waals surface area contributed by atoms with Crippen molar-refractivity contribution < 1.29 is 8.42 Å². The van der Waals surface area contributed by atoms with Gasteiger partial charge in [-0.25, -0.2) is 13.4 Å². The lowest BCUT2D eigenvalue weighted by Gasteiger charge is -2.17. The van der Waals surface area contributed by atoms with E-state index in [4.69, 9.17) is 4.98 Å². The first-order valence-electron chi connectivity index (χ1n) is 9.17. The Balaban J connectivity index is 1.76. The summed E-state index contributed by atoms with van der Waals surface area (Å²) in [6.07, 6.45) is 2.23. The molecule has 28 heavy (non-hydrogen) atoms. The van der Waals surface area contributed by atoms with Crippen LogP contribution < -0.4 is 4.90 Å². The Bertz CT molecular complexity index is 1320. The molecule has 1 aliphatic rings. The molecule has 1 aromatic carbocycles. The molecule has 1 fully saturated rings. The van der Waals surface area contributed by atoms with Crippen LogP contribution in [0.5, 0.6) is 0 Å². The van der Waals surface area contributed by atoms with Crippen LogP contribution in [-0.2, 0) is 9.84 Å². The molecule has 0 N–H and O–H groups in total. The van der Waals surface area contributed by atoms with Crippen molar-refractivity contribution in [3.8, 4) is 0 Å². The number of thiophene rings is 1. The second-order valence-electron chi connectivity index (χ2n) is 7.14. The van der Waals surface area contributed by atoms with Gasteiger partial charge in [0.15, 0.2) is 11.5 Å². The molecule has 4 heterocycles. The summed E-state index contributed by atoms with van der Waals surface area (Å²) in [5.41, 5.74) is 3.08. The van der Waals surface area contributed by atoms with Gasteiger partial charge in [0.2, 0.25) is 14.9 Å². The van der Waals surface area contributed by atoms with Gasteiger partial charge >= 0.3 is 0 Å². The highest BCUT2D eigenvalue weighted by atomic mass is 32.2. The topological polar surface area (TPSA) is 80.5 Å². The predicted molar refractivity (Wildman–Crippen MR) is 109 cm³/mol. The van der Waals surface area contributed by atoms with Crippen molar-refractivity contribution in [1.29, 1.82) is 0 Å². The maximum absolute atomic E-state index is 13.3. The van der Waals surface area contributed by atoms with Crippen LogP contribution in [0.25, 0.3) is 15.9 Å². The number of hydrogen-bond donors (Lipinski definition) is 0. The summed E-state index contributed by atoms with van der Waals surface area (Å²) in [6, 6.07) is 7.05. The third kappa shape index (κ3) is 2.53. The fourth-order valence-electron chi connectivity index (χ4n) is 3.62. The van der Waals surface area contributed by atoms with Crippen LogP contribution in [0, 0.1) is 13.8 Å². The smallest absolute Gasteiger partial charge is 0.229 e. The highest BCUT2D eigenvalue weighted by Gasteiger charge is 2.29. The van der Waals surface area contributed by atoms with Gasteiger partial charge in [-0.3, -0.25) is 0 Å². The average Bonchev–Trinajstić information content (AvgIpc) is 3.42. The fraction of sp³-hybridized carbons (Fsp3) is 0.316. The largest absolute Gasteiger partial charge is 0.355 e. The van der Waals surface area contributed by atoms with Gasteiger partial charge in [-0.2, -0.15) is 4.52 Å². The number of nitrogens with zero attached hydrogens (tertiary/aromatic N) is 5. The second-order valence-corrected chi connectivity index (χ2v) is 9.93. The van der Waals surface area contributed by atoms with Crippen molar-refractivity contribution in [2.24, 2.45) is 0 Å². The highest BCUT2D eigenvalue weighted by molar-refractivity contribution is 7.91. The molecule has 0 amide bonds. The van der Waals surface area contributed by atoms with Crippen LogP contribution in [0.3, 0.4) is 0 Å². The van der Waals surface area contributed by atoms with Gasteiger partial charge in [-0.15, -0.1) is 16.4 Å². The van der Waals surface area contributed by atoms with Crippen LogP contribution in [0.4, 0.5) is 5.82 Å². The quantitative estimate of drug-likeness (QED) is 0.512. The number of hydrogen-bond acceptors (Lipinski definition) is 7. The standard InChI is InChI=1S/C19H19N5O2S2/c1-12-5-6-14(11-13(12)2)28(25,26)19-18-20-17(23-8-3-4-9-23)16-15(7-10-27-16)24(18)22-21-19/h5-7,10-11H,3-4,8-9H2,1-2H3. The van der Waals surface area contributed by atoms with Crippen LogP contribution >= 0.6 is 11.3 Å². The third-order valence-corrected chi connectivity index (χ3v) is 7.90. The molecule has 0 spiro atoms. The van der Waals surface area contributed by atoms with Crippen molar-refractivity contribution in [2.45, 2.75) is 36.6 Å². The Morgan fingerprint density at radius 2 is 1.86 bits per heavy atom. The minimum absolute atomic E-state index is 0.0932. The van der Waals surface area contributed by atoms with E-state index in [9.17, 15) is 8.42 Å². The summed E-state index contributed by atoms with van der Waals surface area (Å²) in [7, 11) is -3.83. The van der Waals surface area contributed by atoms with Gasteiger partial charge in [0.25, 0.3) is 0 Å². The van der Waals surface area contributed by atoms with E-state index in [-0.39, 0.29) is 15.6 Å². The molecule has 5 rings (SSSR count). The monoisotopic (exact) mass is 413 g/mol. The molecule has 0 saturated carbocycles. The molecule has 0 bridgehead atoms. The minimum atomic E-state index is -3.83. The summed E-state index contributed by atoms with van der Waals surface area (Å²) in [5, 5.41) is 10.1. The molecule has 1 aliphatic heterocycles.